The van der Waals surface area contributed by atoms with Crippen LogP contribution in [-0.4, -0.2) is 47.0 Å². The van der Waals surface area contributed by atoms with E-state index in [2.05, 4.69) is 30.9 Å². The fourth-order valence-electron chi connectivity index (χ4n) is 4.27. The van der Waals surface area contributed by atoms with Crippen LogP contribution in [-0.2, 0) is 6.18 Å². The van der Waals surface area contributed by atoms with E-state index in [0.717, 1.165) is 23.5 Å². The summed E-state index contributed by atoms with van der Waals surface area (Å²) in [5.41, 5.74) is 1.66. The number of ether oxygens (including phenoxy) is 1. The fourth-order valence-corrected chi connectivity index (χ4v) is 4.27. The number of nitrogens with one attached hydrogen (secondary N) is 4. The third-order valence-electron chi connectivity index (χ3n) is 6.48. The molecule has 4 aromatic rings. The first kappa shape index (κ1) is 30.5. The molecule has 10 nitrogen and oxygen atoms in total. The van der Waals surface area contributed by atoms with Crippen LogP contribution in [0.3, 0.4) is 0 Å². The molecule has 2 amide bonds. The molecule has 2 heterocycles. The van der Waals surface area contributed by atoms with E-state index in [1.54, 1.807) is 60.8 Å². The van der Waals surface area contributed by atoms with E-state index >= 15 is 0 Å². The van der Waals surface area contributed by atoms with Gasteiger partial charge in [0.05, 0.1) is 29.3 Å². The van der Waals surface area contributed by atoms with Gasteiger partial charge in [-0.2, -0.15) is 13.2 Å². The van der Waals surface area contributed by atoms with E-state index in [-0.39, 0.29) is 17.4 Å². The molecule has 0 unspecified atom stereocenters. The highest BCUT2D eigenvalue weighted by molar-refractivity contribution is 6.10. The van der Waals surface area contributed by atoms with Gasteiger partial charge in [0.25, 0.3) is 0 Å². The van der Waals surface area contributed by atoms with Gasteiger partial charge in [0.15, 0.2) is 0 Å². The summed E-state index contributed by atoms with van der Waals surface area (Å²) in [6, 6.07) is 18.1. The van der Waals surface area contributed by atoms with Crippen molar-refractivity contribution in [2.24, 2.45) is 4.99 Å². The van der Waals surface area contributed by atoms with Crippen molar-refractivity contribution in [1.29, 1.82) is 5.41 Å². The number of benzene rings is 3. The molecule has 0 bridgehead atoms. The van der Waals surface area contributed by atoms with Crippen LogP contribution < -0.4 is 20.7 Å². The first-order valence-electron chi connectivity index (χ1n) is 13.5. The number of carbonyl (C=O) groups excluding carboxylic acids is 1. The SMILES string of the molecule is CN(C)C1=N/C(=C(/C=N)c2ccc(Oc3ncc(NC(=O)Nc4cc(C(F)(F)F)ccc4-c4ccccc4)cn3)cc2)NC=C1. The molecule has 1 aliphatic rings. The maximum atomic E-state index is 13.4. The molecule has 0 aliphatic carbocycles. The minimum Gasteiger partial charge on any atom is -0.424 e. The topological polar surface area (TPSA) is 128 Å². The maximum absolute atomic E-state index is 13.4. The molecular formula is C32H27F3N8O2. The van der Waals surface area contributed by atoms with Crippen LogP contribution in [0, 0.1) is 5.41 Å². The Morgan fingerprint density at radius 1 is 0.978 bits per heavy atom. The van der Waals surface area contributed by atoms with Crippen molar-refractivity contribution in [2.45, 2.75) is 6.18 Å². The molecule has 228 valence electrons. The second-order valence-corrected chi connectivity index (χ2v) is 9.83. The van der Waals surface area contributed by atoms with Gasteiger partial charge >= 0.3 is 18.2 Å². The first-order valence-corrected chi connectivity index (χ1v) is 13.5. The van der Waals surface area contributed by atoms with Crippen LogP contribution in [0.4, 0.5) is 29.3 Å². The lowest BCUT2D eigenvalue weighted by molar-refractivity contribution is -0.137. The fraction of sp³-hybridized carbons (Fsp3) is 0.0938. The normalized spacial score (nSPS) is 13.7. The smallest absolute Gasteiger partial charge is 0.416 e. The summed E-state index contributed by atoms with van der Waals surface area (Å²) in [6.45, 7) is 0. The van der Waals surface area contributed by atoms with E-state index in [0.29, 0.717) is 28.3 Å². The highest BCUT2D eigenvalue weighted by Crippen LogP contribution is 2.36. The molecule has 0 fully saturated rings. The number of aliphatic imine (C=N–C) groups is 1. The van der Waals surface area contributed by atoms with Crippen molar-refractivity contribution in [3.63, 3.8) is 0 Å². The van der Waals surface area contributed by atoms with Crippen molar-refractivity contribution in [3.8, 4) is 22.9 Å². The molecule has 1 aromatic heterocycles. The van der Waals surface area contributed by atoms with E-state index in [9.17, 15) is 18.0 Å². The van der Waals surface area contributed by atoms with Gasteiger partial charge < -0.3 is 31.0 Å². The highest BCUT2D eigenvalue weighted by atomic mass is 19.4. The highest BCUT2D eigenvalue weighted by Gasteiger charge is 2.31. The van der Waals surface area contributed by atoms with Crippen LogP contribution in [0.1, 0.15) is 11.1 Å². The molecule has 4 N–H and O–H groups in total. The predicted octanol–water partition coefficient (Wildman–Crippen LogP) is 6.99. The van der Waals surface area contributed by atoms with Gasteiger partial charge in [-0.1, -0.05) is 48.5 Å². The Hall–Kier alpha value is -5.98. The van der Waals surface area contributed by atoms with Crippen molar-refractivity contribution in [1.82, 2.24) is 20.2 Å². The Kier molecular flexibility index (Phi) is 8.89. The second kappa shape index (κ2) is 13.1. The lowest BCUT2D eigenvalue weighted by atomic mass is 10.0. The molecule has 0 atom stereocenters. The summed E-state index contributed by atoms with van der Waals surface area (Å²) in [6.07, 6.45) is 2.83. The maximum Gasteiger partial charge on any atom is 0.416 e. The zero-order valence-corrected chi connectivity index (χ0v) is 24.1. The Balaban J connectivity index is 1.25. The number of carbonyl (C=O) groups is 1. The summed E-state index contributed by atoms with van der Waals surface area (Å²) < 4.78 is 45.9. The number of hydrogen-bond donors (Lipinski definition) is 4. The quantitative estimate of drug-likeness (QED) is 0.167. The zero-order chi connectivity index (χ0) is 32.0. The van der Waals surface area contributed by atoms with Gasteiger partial charge in [-0.25, -0.2) is 19.8 Å². The molecule has 0 saturated heterocycles. The number of allylic oxidation sites excluding steroid dienone is 1. The standard InChI is InChI=1S/C32H27F3N8O2/c1-43(2)28-14-15-37-29(42-28)26(17-36)21-8-11-24(12-9-21)45-31-38-18-23(19-39-31)40-30(44)41-27-16-22(32(33,34)35)10-13-25(27)20-6-4-3-5-7-20/h3-19,36-37H,1-2H3,(H2,40,41,44)/b29-26-,36-17?. The van der Waals surface area contributed by atoms with Gasteiger partial charge in [-0.3, -0.25) is 0 Å². The van der Waals surface area contributed by atoms with E-state index in [1.165, 1.54) is 24.7 Å². The summed E-state index contributed by atoms with van der Waals surface area (Å²) >= 11 is 0. The number of rotatable bonds is 7. The number of anilines is 2. The minimum atomic E-state index is -4.58. The number of urea groups is 1. The summed E-state index contributed by atoms with van der Waals surface area (Å²) in [5, 5.41) is 16.0. The number of alkyl halides is 3. The first-order chi connectivity index (χ1) is 21.6. The Labute approximate surface area is 256 Å². The van der Waals surface area contributed by atoms with Crippen LogP contribution in [0.15, 0.2) is 108 Å². The van der Waals surface area contributed by atoms with Crippen LogP contribution in [0.25, 0.3) is 16.7 Å². The average molecular weight is 613 g/mol. The van der Waals surface area contributed by atoms with E-state index in [4.69, 9.17) is 10.1 Å². The Bertz CT molecular complexity index is 1780. The van der Waals surface area contributed by atoms with Crippen LogP contribution in [0.2, 0.25) is 0 Å². The minimum absolute atomic E-state index is 0.00268. The van der Waals surface area contributed by atoms with Crippen molar-refractivity contribution < 1.29 is 22.7 Å². The molecular weight excluding hydrogens is 585 g/mol. The van der Waals surface area contributed by atoms with Crippen LogP contribution >= 0.6 is 0 Å². The Morgan fingerprint density at radius 3 is 2.33 bits per heavy atom. The summed E-state index contributed by atoms with van der Waals surface area (Å²) in [4.78, 5) is 27.4. The number of halogens is 3. The lowest BCUT2D eigenvalue weighted by Crippen LogP contribution is -2.25. The number of hydrogen-bond acceptors (Lipinski definition) is 8. The zero-order valence-electron chi connectivity index (χ0n) is 24.1. The summed E-state index contributed by atoms with van der Waals surface area (Å²) in [5.74, 6) is 1.70. The number of aromatic nitrogens is 2. The third-order valence-corrected chi connectivity index (χ3v) is 6.48. The monoisotopic (exact) mass is 612 g/mol. The third kappa shape index (κ3) is 7.51. The Morgan fingerprint density at radius 2 is 1.69 bits per heavy atom. The van der Waals surface area contributed by atoms with E-state index in [1.807, 2.05) is 25.1 Å². The number of amidine groups is 1. The van der Waals surface area contributed by atoms with Gasteiger partial charge in [-0.05, 0) is 41.5 Å². The van der Waals surface area contributed by atoms with Crippen LogP contribution in [0.5, 0.6) is 11.8 Å². The largest absolute Gasteiger partial charge is 0.424 e. The summed E-state index contributed by atoms with van der Waals surface area (Å²) in [7, 11) is 3.76. The van der Waals surface area contributed by atoms with Gasteiger partial charge in [0.1, 0.15) is 17.4 Å². The van der Waals surface area contributed by atoms with Crippen molar-refractivity contribution in [2.75, 3.05) is 24.7 Å². The molecule has 0 saturated carbocycles. The molecule has 13 heteroatoms. The van der Waals surface area contributed by atoms with Gasteiger partial charge in [0.2, 0.25) is 0 Å². The molecule has 0 spiro atoms. The van der Waals surface area contributed by atoms with Crippen molar-refractivity contribution in [3.05, 3.63) is 114 Å². The van der Waals surface area contributed by atoms with Crippen molar-refractivity contribution >= 4 is 35.0 Å². The van der Waals surface area contributed by atoms with Gasteiger partial charge in [-0.15, -0.1) is 0 Å². The molecule has 1 aliphatic heterocycles. The van der Waals surface area contributed by atoms with Gasteiger partial charge in [0, 0.05) is 37.6 Å². The van der Waals surface area contributed by atoms with E-state index < -0.39 is 17.8 Å². The number of likely N-dealkylation sites (N-methyl/N-ethyl adjacent to an activating group) is 1. The second-order valence-electron chi connectivity index (χ2n) is 9.83. The molecule has 3 aromatic carbocycles. The average Bonchev–Trinajstić information content (AvgIpc) is 3.03. The molecule has 45 heavy (non-hydrogen) atoms. The number of amides is 2. The predicted molar refractivity (Wildman–Crippen MR) is 167 cm³/mol. The number of nitrogens with zero attached hydrogens (tertiary/aromatic N) is 4. The molecule has 0 radical (unpaired) electrons. The molecule has 5 rings (SSSR count). The lowest BCUT2D eigenvalue weighted by Gasteiger charge is -2.18.